The van der Waals surface area contributed by atoms with Gasteiger partial charge in [0.2, 0.25) is 11.8 Å². The van der Waals surface area contributed by atoms with Gasteiger partial charge in [-0.2, -0.15) is 0 Å². The van der Waals surface area contributed by atoms with Crippen molar-refractivity contribution in [1.29, 1.82) is 0 Å². The number of amides is 4. The second-order valence-corrected chi connectivity index (χ2v) is 13.8. The minimum absolute atomic E-state index is 0.0369. The SMILES string of the molecule is O=C1CCC(N2C(=O)c3cccc(NCCCCCCCC(=O)c4nc(Br)n(-c5csc(N6CCOCC6)n5)c4Br)c3C2=O)C(=O)N1. The van der Waals surface area contributed by atoms with Crippen LogP contribution >= 0.6 is 43.2 Å². The topological polar surface area (TPSA) is 156 Å². The fourth-order valence-corrected chi connectivity index (χ4v) is 8.23. The molecular weight excluding hydrogens is 758 g/mol. The standard InChI is InChI=1S/C31H33Br2N7O6S/c32-26-25(37-30(33)40(26)22-17-47-31(35-22)38-13-15-46-16-14-38)21(41)9-4-2-1-3-5-12-34-19-8-6-7-18-24(19)29(45)39(28(18)44)20-10-11-23(42)36-27(20)43/h6-8,17,20,34H,1-5,9-16H2,(H,36,42,43). The molecule has 0 radical (unpaired) electrons. The number of anilines is 2. The number of morpholine rings is 1. The molecule has 2 aromatic heterocycles. The van der Waals surface area contributed by atoms with Crippen molar-refractivity contribution >= 4 is 83.4 Å². The number of hydrogen-bond donors (Lipinski definition) is 2. The highest BCUT2D eigenvalue weighted by Crippen LogP contribution is 2.33. The highest BCUT2D eigenvalue weighted by molar-refractivity contribution is 9.11. The number of Topliss-reactive ketones (excluding diaryl/α,β-unsaturated/α-hetero) is 1. The van der Waals surface area contributed by atoms with Crippen molar-refractivity contribution in [2.45, 2.75) is 57.4 Å². The Labute approximate surface area is 291 Å². The summed E-state index contributed by atoms with van der Waals surface area (Å²) in [6, 6.07) is 4.04. The first-order valence-electron chi connectivity index (χ1n) is 15.6. The molecule has 47 heavy (non-hydrogen) atoms. The van der Waals surface area contributed by atoms with Crippen molar-refractivity contribution in [2.75, 3.05) is 43.1 Å². The van der Waals surface area contributed by atoms with Crippen LogP contribution in [0.25, 0.3) is 5.82 Å². The lowest BCUT2D eigenvalue weighted by Crippen LogP contribution is -2.54. The molecule has 0 saturated carbocycles. The molecule has 2 saturated heterocycles. The van der Waals surface area contributed by atoms with Gasteiger partial charge in [0, 0.05) is 43.5 Å². The van der Waals surface area contributed by atoms with E-state index in [1.807, 2.05) is 5.38 Å². The summed E-state index contributed by atoms with van der Waals surface area (Å²) in [7, 11) is 0. The maximum atomic E-state index is 13.2. The Bertz CT molecular complexity index is 1720. The molecule has 1 unspecified atom stereocenters. The van der Waals surface area contributed by atoms with Crippen molar-refractivity contribution in [3.8, 4) is 5.82 Å². The lowest BCUT2D eigenvalue weighted by molar-refractivity contribution is -0.136. The van der Waals surface area contributed by atoms with Crippen LogP contribution in [0.4, 0.5) is 10.8 Å². The summed E-state index contributed by atoms with van der Waals surface area (Å²) in [6.07, 6.45) is 4.88. The number of imidazole rings is 1. The number of carbonyl (C=O) groups excluding carboxylic acids is 5. The van der Waals surface area contributed by atoms with Crippen LogP contribution in [0.1, 0.15) is 82.6 Å². The summed E-state index contributed by atoms with van der Waals surface area (Å²) in [5, 5.41) is 8.35. The van der Waals surface area contributed by atoms with E-state index in [-0.39, 0.29) is 29.8 Å². The average molecular weight is 792 g/mol. The molecule has 248 valence electrons. The summed E-state index contributed by atoms with van der Waals surface area (Å²) in [6.45, 7) is 3.54. The minimum Gasteiger partial charge on any atom is -0.384 e. The zero-order chi connectivity index (χ0) is 33.1. The van der Waals surface area contributed by atoms with Crippen LogP contribution in [0.15, 0.2) is 32.9 Å². The predicted molar refractivity (Wildman–Crippen MR) is 181 cm³/mol. The largest absolute Gasteiger partial charge is 0.384 e. The Morgan fingerprint density at radius 3 is 2.57 bits per heavy atom. The number of hydrogen-bond acceptors (Lipinski definition) is 11. The number of nitrogens with one attached hydrogen (secondary N) is 2. The number of piperidine rings is 1. The maximum Gasteiger partial charge on any atom is 0.264 e. The molecule has 3 aromatic rings. The molecule has 1 atom stereocenters. The van der Waals surface area contributed by atoms with Gasteiger partial charge in [-0.25, -0.2) is 9.97 Å². The van der Waals surface area contributed by atoms with Gasteiger partial charge in [-0.05, 0) is 63.3 Å². The summed E-state index contributed by atoms with van der Waals surface area (Å²) < 4.78 is 8.31. The van der Waals surface area contributed by atoms with E-state index in [1.54, 1.807) is 34.1 Å². The van der Waals surface area contributed by atoms with Crippen molar-refractivity contribution in [3.63, 3.8) is 0 Å². The summed E-state index contributed by atoms with van der Waals surface area (Å²) in [5.41, 5.74) is 1.43. The second-order valence-electron chi connectivity index (χ2n) is 11.5. The van der Waals surface area contributed by atoms with Gasteiger partial charge < -0.3 is 15.0 Å². The zero-order valence-corrected chi connectivity index (χ0v) is 29.4. The average Bonchev–Trinajstić information content (AvgIpc) is 3.73. The summed E-state index contributed by atoms with van der Waals surface area (Å²) >= 11 is 8.61. The molecule has 0 bridgehead atoms. The maximum absolute atomic E-state index is 13.2. The number of nitrogens with zero attached hydrogens (tertiary/aromatic N) is 5. The molecule has 5 heterocycles. The van der Waals surface area contributed by atoms with E-state index in [4.69, 9.17) is 9.72 Å². The van der Waals surface area contributed by atoms with Gasteiger partial charge in [-0.15, -0.1) is 11.3 Å². The highest BCUT2D eigenvalue weighted by Gasteiger charge is 2.45. The lowest BCUT2D eigenvalue weighted by atomic mass is 10.0. The van der Waals surface area contributed by atoms with Crippen molar-refractivity contribution in [3.05, 3.63) is 49.7 Å². The smallest absolute Gasteiger partial charge is 0.264 e. The molecule has 3 aliphatic heterocycles. The first-order chi connectivity index (χ1) is 22.7. The van der Waals surface area contributed by atoms with Crippen LogP contribution in [0.2, 0.25) is 0 Å². The number of carbonyl (C=O) groups is 5. The Hall–Kier alpha value is -3.47. The first-order valence-corrected chi connectivity index (χ1v) is 18.0. The van der Waals surface area contributed by atoms with E-state index in [0.29, 0.717) is 52.7 Å². The number of benzene rings is 1. The fourth-order valence-electron chi connectivity index (χ4n) is 5.95. The molecular formula is C31H33Br2N7O6S. The molecule has 6 rings (SSSR count). The molecule has 16 heteroatoms. The number of fused-ring (bicyclic) bond motifs is 1. The van der Waals surface area contributed by atoms with Crippen molar-refractivity contribution in [2.24, 2.45) is 0 Å². The summed E-state index contributed by atoms with van der Waals surface area (Å²) in [4.78, 5) is 75.6. The lowest BCUT2D eigenvalue weighted by Gasteiger charge is -2.27. The van der Waals surface area contributed by atoms with Crippen LogP contribution in [-0.2, 0) is 14.3 Å². The van der Waals surface area contributed by atoms with Gasteiger partial charge in [0.25, 0.3) is 11.8 Å². The third-order valence-corrected chi connectivity index (χ3v) is 10.6. The van der Waals surface area contributed by atoms with Crippen LogP contribution in [-0.4, -0.2) is 87.7 Å². The predicted octanol–water partition coefficient (Wildman–Crippen LogP) is 4.73. The molecule has 0 aliphatic carbocycles. The van der Waals surface area contributed by atoms with E-state index < -0.39 is 29.7 Å². The van der Waals surface area contributed by atoms with Gasteiger partial charge >= 0.3 is 0 Å². The van der Waals surface area contributed by atoms with Gasteiger partial charge in [-0.3, -0.25) is 38.8 Å². The zero-order valence-electron chi connectivity index (χ0n) is 25.4. The van der Waals surface area contributed by atoms with Gasteiger partial charge in [0.1, 0.15) is 16.3 Å². The van der Waals surface area contributed by atoms with Gasteiger partial charge in [-0.1, -0.05) is 25.3 Å². The third kappa shape index (κ3) is 7.05. The molecule has 3 aliphatic rings. The van der Waals surface area contributed by atoms with E-state index >= 15 is 0 Å². The van der Waals surface area contributed by atoms with Crippen LogP contribution < -0.4 is 15.5 Å². The van der Waals surface area contributed by atoms with Crippen LogP contribution in [0.5, 0.6) is 0 Å². The van der Waals surface area contributed by atoms with Crippen molar-refractivity contribution < 1.29 is 28.7 Å². The number of aromatic nitrogens is 3. The van der Waals surface area contributed by atoms with Crippen LogP contribution in [0.3, 0.4) is 0 Å². The van der Waals surface area contributed by atoms with Gasteiger partial charge in [0.15, 0.2) is 21.5 Å². The second kappa shape index (κ2) is 14.7. The number of imide groups is 2. The Morgan fingerprint density at radius 2 is 1.79 bits per heavy atom. The monoisotopic (exact) mass is 789 g/mol. The van der Waals surface area contributed by atoms with E-state index in [2.05, 4.69) is 52.4 Å². The molecule has 2 fully saturated rings. The Kier molecular flexibility index (Phi) is 10.5. The number of thiazole rings is 1. The first kappa shape index (κ1) is 33.4. The van der Waals surface area contributed by atoms with E-state index in [9.17, 15) is 24.0 Å². The van der Waals surface area contributed by atoms with Gasteiger partial charge in [0.05, 0.1) is 24.3 Å². The molecule has 4 amide bonds. The van der Waals surface area contributed by atoms with Crippen molar-refractivity contribution in [1.82, 2.24) is 24.8 Å². The Morgan fingerprint density at radius 1 is 1.02 bits per heavy atom. The van der Waals surface area contributed by atoms with E-state index in [1.165, 1.54) is 0 Å². The Balaban J connectivity index is 0.941. The number of unbranched alkanes of at least 4 members (excludes halogenated alkanes) is 4. The summed E-state index contributed by atoms with van der Waals surface area (Å²) in [5.74, 6) is -1.43. The highest BCUT2D eigenvalue weighted by atomic mass is 79.9. The fraction of sp³-hybridized carbons (Fsp3) is 0.452. The number of ether oxygens (including phenoxy) is 1. The molecule has 13 nitrogen and oxygen atoms in total. The quantitative estimate of drug-likeness (QED) is 0.141. The van der Waals surface area contributed by atoms with E-state index in [0.717, 1.165) is 55.2 Å². The minimum atomic E-state index is -0.995. The number of halogens is 2. The number of ketones is 1. The third-order valence-electron chi connectivity index (χ3n) is 8.40. The molecule has 0 spiro atoms. The van der Waals surface area contributed by atoms with Crippen LogP contribution in [0, 0.1) is 0 Å². The normalized spacial score (nSPS) is 18.1. The number of rotatable bonds is 13. The molecule has 2 N–H and O–H groups in total. The molecule has 1 aromatic carbocycles.